The Morgan fingerprint density at radius 1 is 1.06 bits per heavy atom. The van der Waals surface area contributed by atoms with Crippen LogP contribution in [-0.4, -0.2) is 5.91 Å². The third-order valence-corrected chi connectivity index (χ3v) is 2.80. The zero-order chi connectivity index (χ0) is 13.3. The fourth-order valence-corrected chi connectivity index (χ4v) is 1.89. The van der Waals surface area contributed by atoms with Crippen molar-refractivity contribution in [3.63, 3.8) is 0 Å². The first-order valence-electron chi connectivity index (χ1n) is 5.04. The molecule has 0 atom stereocenters. The number of hydrogen-bond donors (Lipinski definition) is 1. The quantitative estimate of drug-likeness (QED) is 0.890. The van der Waals surface area contributed by atoms with Gasteiger partial charge >= 0.3 is 0 Å². The molecule has 2 N–H and O–H groups in total. The van der Waals surface area contributed by atoms with E-state index in [1.165, 1.54) is 18.2 Å². The third kappa shape index (κ3) is 2.19. The minimum absolute atomic E-state index is 0.0651. The predicted molar refractivity (Wildman–Crippen MR) is 65.3 cm³/mol. The first kappa shape index (κ1) is 12.5. The second kappa shape index (κ2) is 4.74. The third-order valence-electron chi connectivity index (χ3n) is 2.49. The normalized spacial score (nSPS) is 10.4. The van der Waals surface area contributed by atoms with E-state index in [1.807, 2.05) is 0 Å². The molecule has 0 fully saturated rings. The summed E-state index contributed by atoms with van der Waals surface area (Å²) in [5.41, 5.74) is 5.01. The summed E-state index contributed by atoms with van der Waals surface area (Å²) in [5, 5.41) is 0.0651. The van der Waals surface area contributed by atoms with Gasteiger partial charge in [0.1, 0.15) is 11.6 Å². The molecule has 0 spiro atoms. The summed E-state index contributed by atoms with van der Waals surface area (Å²) in [4.78, 5) is 10.9. The summed E-state index contributed by atoms with van der Waals surface area (Å²) in [5.74, 6) is -2.27. The fourth-order valence-electron chi connectivity index (χ4n) is 1.62. The minimum Gasteiger partial charge on any atom is -0.366 e. The zero-order valence-corrected chi connectivity index (χ0v) is 9.84. The van der Waals surface area contributed by atoms with Crippen molar-refractivity contribution in [2.75, 3.05) is 0 Å². The maximum atomic E-state index is 13.6. The van der Waals surface area contributed by atoms with E-state index in [-0.39, 0.29) is 21.7 Å². The second-order valence-corrected chi connectivity index (χ2v) is 4.06. The molecule has 0 saturated carbocycles. The Balaban J connectivity index is 2.64. The molecule has 2 aromatic rings. The van der Waals surface area contributed by atoms with Crippen molar-refractivity contribution < 1.29 is 13.6 Å². The smallest absolute Gasteiger partial charge is 0.251 e. The van der Waals surface area contributed by atoms with Crippen molar-refractivity contribution in [1.29, 1.82) is 0 Å². The van der Waals surface area contributed by atoms with Crippen LogP contribution in [-0.2, 0) is 0 Å². The first-order valence-corrected chi connectivity index (χ1v) is 5.42. The molecule has 0 unspecified atom stereocenters. The summed E-state index contributed by atoms with van der Waals surface area (Å²) in [6, 6.07) is 7.93. The number of benzene rings is 2. The van der Waals surface area contributed by atoms with Crippen LogP contribution in [0, 0.1) is 11.6 Å². The van der Waals surface area contributed by atoms with Crippen molar-refractivity contribution >= 4 is 17.5 Å². The van der Waals surface area contributed by atoms with E-state index in [0.29, 0.717) is 0 Å². The average molecular weight is 268 g/mol. The second-order valence-electron chi connectivity index (χ2n) is 3.66. The molecule has 0 aliphatic heterocycles. The standard InChI is InChI=1S/C13H8ClF2NO/c14-10-5-9(13(17)18)12(16)6-8(10)7-3-1-2-4-11(7)15/h1-6H,(H2,17,18). The molecule has 5 heteroatoms. The van der Waals surface area contributed by atoms with E-state index in [4.69, 9.17) is 17.3 Å². The topological polar surface area (TPSA) is 43.1 Å². The number of amides is 1. The molecule has 0 aliphatic carbocycles. The molecule has 92 valence electrons. The molecule has 2 aromatic carbocycles. The van der Waals surface area contributed by atoms with Gasteiger partial charge in [0, 0.05) is 16.1 Å². The van der Waals surface area contributed by atoms with Gasteiger partial charge in [-0.05, 0) is 18.2 Å². The van der Waals surface area contributed by atoms with Crippen molar-refractivity contribution in [2.24, 2.45) is 5.73 Å². The van der Waals surface area contributed by atoms with Gasteiger partial charge in [-0.15, -0.1) is 0 Å². The summed E-state index contributed by atoms with van der Waals surface area (Å²) >= 11 is 5.91. The summed E-state index contributed by atoms with van der Waals surface area (Å²) in [6.45, 7) is 0. The predicted octanol–water partition coefficient (Wildman–Crippen LogP) is 3.38. The van der Waals surface area contributed by atoms with Gasteiger partial charge in [0.05, 0.1) is 5.56 Å². The van der Waals surface area contributed by atoms with Crippen molar-refractivity contribution in [2.45, 2.75) is 0 Å². The first-order chi connectivity index (χ1) is 8.50. The molecule has 0 bridgehead atoms. The number of halogens is 3. The number of carbonyl (C=O) groups excluding carboxylic acids is 1. The van der Waals surface area contributed by atoms with Crippen LogP contribution in [0.4, 0.5) is 8.78 Å². The Morgan fingerprint density at radius 2 is 1.72 bits per heavy atom. The van der Waals surface area contributed by atoms with Crippen LogP contribution in [0.25, 0.3) is 11.1 Å². The van der Waals surface area contributed by atoms with Gasteiger partial charge in [0.2, 0.25) is 0 Å². The Morgan fingerprint density at radius 3 is 2.33 bits per heavy atom. The van der Waals surface area contributed by atoms with E-state index in [1.54, 1.807) is 6.07 Å². The molecular weight excluding hydrogens is 260 g/mol. The maximum Gasteiger partial charge on any atom is 0.251 e. The van der Waals surface area contributed by atoms with Gasteiger partial charge < -0.3 is 5.73 Å². The van der Waals surface area contributed by atoms with Crippen LogP contribution in [0.5, 0.6) is 0 Å². The molecule has 0 aliphatic rings. The molecule has 1 amide bonds. The highest BCUT2D eigenvalue weighted by atomic mass is 35.5. The lowest BCUT2D eigenvalue weighted by Crippen LogP contribution is -2.13. The van der Waals surface area contributed by atoms with Gasteiger partial charge in [0.25, 0.3) is 5.91 Å². The molecule has 2 nitrogen and oxygen atoms in total. The van der Waals surface area contributed by atoms with Crippen molar-refractivity contribution in [1.82, 2.24) is 0 Å². The minimum atomic E-state index is -0.922. The lowest BCUT2D eigenvalue weighted by molar-refractivity contribution is 0.0996. The average Bonchev–Trinajstić information content (AvgIpc) is 2.32. The molecule has 0 heterocycles. The summed E-state index contributed by atoms with van der Waals surface area (Å²) in [6.07, 6.45) is 0. The van der Waals surface area contributed by atoms with Gasteiger partial charge in [-0.2, -0.15) is 0 Å². The molecular formula is C13H8ClF2NO. The fraction of sp³-hybridized carbons (Fsp3) is 0. The van der Waals surface area contributed by atoms with Gasteiger partial charge in [-0.25, -0.2) is 8.78 Å². The van der Waals surface area contributed by atoms with E-state index >= 15 is 0 Å². The highest BCUT2D eigenvalue weighted by Crippen LogP contribution is 2.31. The van der Waals surface area contributed by atoms with Crippen LogP contribution >= 0.6 is 11.6 Å². The molecule has 0 aromatic heterocycles. The lowest BCUT2D eigenvalue weighted by atomic mass is 10.0. The SMILES string of the molecule is NC(=O)c1cc(Cl)c(-c2ccccc2F)cc1F. The lowest BCUT2D eigenvalue weighted by Gasteiger charge is -2.08. The number of hydrogen-bond acceptors (Lipinski definition) is 1. The molecule has 0 saturated heterocycles. The van der Waals surface area contributed by atoms with Gasteiger partial charge in [-0.3, -0.25) is 4.79 Å². The highest BCUT2D eigenvalue weighted by molar-refractivity contribution is 6.33. The zero-order valence-electron chi connectivity index (χ0n) is 9.08. The molecule has 18 heavy (non-hydrogen) atoms. The van der Waals surface area contributed by atoms with E-state index in [9.17, 15) is 13.6 Å². The van der Waals surface area contributed by atoms with Crippen molar-refractivity contribution in [3.8, 4) is 11.1 Å². The largest absolute Gasteiger partial charge is 0.366 e. The van der Waals surface area contributed by atoms with E-state index < -0.39 is 17.5 Å². The molecule has 0 radical (unpaired) electrons. The molecule has 2 rings (SSSR count). The number of rotatable bonds is 2. The highest BCUT2D eigenvalue weighted by Gasteiger charge is 2.15. The van der Waals surface area contributed by atoms with Crippen molar-refractivity contribution in [3.05, 3.63) is 58.6 Å². The summed E-state index contributed by atoms with van der Waals surface area (Å²) in [7, 11) is 0. The van der Waals surface area contributed by atoms with Crippen LogP contribution < -0.4 is 5.73 Å². The maximum absolute atomic E-state index is 13.6. The van der Waals surface area contributed by atoms with Crippen LogP contribution in [0.15, 0.2) is 36.4 Å². The summed E-state index contributed by atoms with van der Waals surface area (Å²) < 4.78 is 27.2. The number of primary amides is 1. The van der Waals surface area contributed by atoms with E-state index in [2.05, 4.69) is 0 Å². The van der Waals surface area contributed by atoms with Gasteiger partial charge in [0.15, 0.2) is 0 Å². The monoisotopic (exact) mass is 267 g/mol. The number of carbonyl (C=O) groups is 1. The Hall–Kier alpha value is -1.94. The van der Waals surface area contributed by atoms with Crippen LogP contribution in [0.2, 0.25) is 5.02 Å². The Labute approximate surface area is 107 Å². The van der Waals surface area contributed by atoms with Crippen LogP contribution in [0.3, 0.4) is 0 Å². The van der Waals surface area contributed by atoms with Crippen LogP contribution in [0.1, 0.15) is 10.4 Å². The Kier molecular flexibility index (Phi) is 3.30. The number of nitrogens with two attached hydrogens (primary N) is 1. The van der Waals surface area contributed by atoms with E-state index in [0.717, 1.165) is 12.1 Å². The van der Waals surface area contributed by atoms with Gasteiger partial charge in [-0.1, -0.05) is 29.8 Å². The Bertz CT molecular complexity index is 628.